The SMILES string of the molecule is CCC(O)CN1CCN(C(=O)c2ccc(C#N)cc2)CC1. The molecule has 1 aliphatic heterocycles. The standard InChI is InChI=1S/C16H21N3O2/c1-2-15(20)12-18-7-9-19(10-8-18)16(21)14-5-3-13(11-17)4-6-14/h3-6,15,20H,2,7-10,12H2,1H3. The summed E-state index contributed by atoms with van der Waals surface area (Å²) in [5, 5.41) is 18.4. The highest BCUT2D eigenvalue weighted by molar-refractivity contribution is 5.94. The molecule has 1 fully saturated rings. The van der Waals surface area contributed by atoms with Crippen LogP contribution >= 0.6 is 0 Å². The Labute approximate surface area is 125 Å². The normalized spacial score (nSPS) is 17.3. The van der Waals surface area contributed by atoms with Gasteiger partial charge in [0.05, 0.1) is 17.7 Å². The van der Waals surface area contributed by atoms with Crippen LogP contribution < -0.4 is 0 Å². The van der Waals surface area contributed by atoms with Gasteiger partial charge in [0.2, 0.25) is 0 Å². The molecular weight excluding hydrogens is 266 g/mol. The lowest BCUT2D eigenvalue weighted by molar-refractivity contribution is 0.0524. The van der Waals surface area contributed by atoms with E-state index in [0.717, 1.165) is 19.5 Å². The van der Waals surface area contributed by atoms with Crippen molar-refractivity contribution in [2.24, 2.45) is 0 Å². The number of amides is 1. The molecule has 1 aliphatic rings. The largest absolute Gasteiger partial charge is 0.392 e. The zero-order chi connectivity index (χ0) is 15.2. The predicted molar refractivity (Wildman–Crippen MR) is 79.8 cm³/mol. The number of nitriles is 1. The second-order valence-corrected chi connectivity index (χ2v) is 5.34. The zero-order valence-electron chi connectivity index (χ0n) is 12.3. The van der Waals surface area contributed by atoms with Crippen LogP contribution in [0.5, 0.6) is 0 Å². The van der Waals surface area contributed by atoms with Crippen LogP contribution in [0.4, 0.5) is 0 Å². The molecule has 1 amide bonds. The molecule has 1 aromatic carbocycles. The van der Waals surface area contributed by atoms with E-state index >= 15 is 0 Å². The first kappa shape index (κ1) is 15.5. The van der Waals surface area contributed by atoms with Crippen LogP contribution in [0.1, 0.15) is 29.3 Å². The summed E-state index contributed by atoms with van der Waals surface area (Å²) in [4.78, 5) is 16.4. The van der Waals surface area contributed by atoms with Crippen LogP contribution in [-0.4, -0.2) is 59.6 Å². The van der Waals surface area contributed by atoms with Crippen molar-refractivity contribution in [3.63, 3.8) is 0 Å². The van der Waals surface area contributed by atoms with E-state index in [1.807, 2.05) is 17.9 Å². The van der Waals surface area contributed by atoms with Crippen LogP contribution in [0.15, 0.2) is 24.3 Å². The Morgan fingerprint density at radius 3 is 2.43 bits per heavy atom. The van der Waals surface area contributed by atoms with Crippen molar-refractivity contribution >= 4 is 5.91 Å². The molecule has 1 unspecified atom stereocenters. The summed E-state index contributed by atoms with van der Waals surface area (Å²) in [7, 11) is 0. The van der Waals surface area contributed by atoms with Crippen molar-refractivity contribution in [2.45, 2.75) is 19.4 Å². The van der Waals surface area contributed by atoms with Gasteiger partial charge in [-0.1, -0.05) is 6.92 Å². The molecule has 1 saturated heterocycles. The molecule has 5 heteroatoms. The Morgan fingerprint density at radius 2 is 1.90 bits per heavy atom. The van der Waals surface area contributed by atoms with Gasteiger partial charge in [-0.2, -0.15) is 5.26 Å². The van der Waals surface area contributed by atoms with Gasteiger partial charge in [0, 0.05) is 38.3 Å². The first-order valence-corrected chi connectivity index (χ1v) is 7.34. The van der Waals surface area contributed by atoms with Crippen LogP contribution in [0.25, 0.3) is 0 Å². The highest BCUT2D eigenvalue weighted by atomic mass is 16.3. The van der Waals surface area contributed by atoms with Crippen molar-refractivity contribution in [1.82, 2.24) is 9.80 Å². The number of β-amino-alcohol motifs (C(OH)–C–C–N with tert-alkyl or cyclic N) is 1. The van der Waals surface area contributed by atoms with Crippen molar-refractivity contribution in [3.8, 4) is 6.07 Å². The highest BCUT2D eigenvalue weighted by Crippen LogP contribution is 2.10. The number of carbonyl (C=O) groups excluding carboxylic acids is 1. The maximum absolute atomic E-state index is 12.4. The maximum Gasteiger partial charge on any atom is 0.253 e. The Hall–Kier alpha value is -1.90. The molecule has 1 N–H and O–H groups in total. The third-order valence-corrected chi connectivity index (χ3v) is 3.86. The van der Waals surface area contributed by atoms with Crippen LogP contribution in [-0.2, 0) is 0 Å². The second-order valence-electron chi connectivity index (χ2n) is 5.34. The molecular formula is C16H21N3O2. The van der Waals surface area contributed by atoms with E-state index in [9.17, 15) is 9.90 Å². The average molecular weight is 287 g/mol. The molecule has 0 spiro atoms. The Bertz CT molecular complexity index is 513. The summed E-state index contributed by atoms with van der Waals surface area (Å²) >= 11 is 0. The fourth-order valence-corrected chi connectivity index (χ4v) is 2.43. The summed E-state index contributed by atoms with van der Waals surface area (Å²) in [6.07, 6.45) is 0.468. The molecule has 1 atom stereocenters. The molecule has 2 rings (SSSR count). The molecule has 1 heterocycles. The lowest BCUT2D eigenvalue weighted by atomic mass is 10.1. The van der Waals surface area contributed by atoms with Gasteiger partial charge in [-0.3, -0.25) is 9.69 Å². The Morgan fingerprint density at radius 1 is 1.29 bits per heavy atom. The first-order chi connectivity index (χ1) is 10.1. The van der Waals surface area contributed by atoms with Gasteiger partial charge in [-0.15, -0.1) is 0 Å². The summed E-state index contributed by atoms with van der Waals surface area (Å²) in [5.41, 5.74) is 1.18. The van der Waals surface area contributed by atoms with Gasteiger partial charge >= 0.3 is 0 Å². The van der Waals surface area contributed by atoms with E-state index < -0.39 is 0 Å². The summed E-state index contributed by atoms with van der Waals surface area (Å²) < 4.78 is 0. The molecule has 0 radical (unpaired) electrons. The predicted octanol–water partition coefficient (Wildman–Crippen LogP) is 1.09. The number of aliphatic hydroxyl groups excluding tert-OH is 1. The fourth-order valence-electron chi connectivity index (χ4n) is 2.43. The van der Waals surface area contributed by atoms with Gasteiger partial charge in [0.25, 0.3) is 5.91 Å². The van der Waals surface area contributed by atoms with E-state index in [2.05, 4.69) is 4.90 Å². The number of rotatable bonds is 4. The number of carbonyl (C=O) groups is 1. The topological polar surface area (TPSA) is 67.6 Å². The van der Waals surface area contributed by atoms with E-state index in [0.29, 0.717) is 30.8 Å². The Kier molecular flexibility index (Phi) is 5.32. The minimum absolute atomic E-state index is 0.00943. The molecule has 1 aromatic rings. The second kappa shape index (κ2) is 7.21. The third kappa shape index (κ3) is 4.03. The number of hydrogen-bond acceptors (Lipinski definition) is 4. The van der Waals surface area contributed by atoms with E-state index in [4.69, 9.17) is 5.26 Å². The van der Waals surface area contributed by atoms with E-state index in [1.165, 1.54) is 0 Å². The average Bonchev–Trinajstić information content (AvgIpc) is 2.55. The van der Waals surface area contributed by atoms with Crippen molar-refractivity contribution < 1.29 is 9.90 Å². The van der Waals surface area contributed by atoms with Crippen LogP contribution in [0.2, 0.25) is 0 Å². The van der Waals surface area contributed by atoms with E-state index in [1.54, 1.807) is 24.3 Å². The van der Waals surface area contributed by atoms with Crippen molar-refractivity contribution in [1.29, 1.82) is 5.26 Å². The molecule has 112 valence electrons. The number of piperazine rings is 1. The Balaban J connectivity index is 1.89. The van der Waals surface area contributed by atoms with Crippen molar-refractivity contribution in [3.05, 3.63) is 35.4 Å². The van der Waals surface area contributed by atoms with Crippen LogP contribution in [0.3, 0.4) is 0 Å². The molecule has 5 nitrogen and oxygen atoms in total. The van der Waals surface area contributed by atoms with Gasteiger partial charge in [-0.05, 0) is 30.7 Å². The van der Waals surface area contributed by atoms with Gasteiger partial charge in [-0.25, -0.2) is 0 Å². The van der Waals surface area contributed by atoms with Gasteiger partial charge in [0.15, 0.2) is 0 Å². The van der Waals surface area contributed by atoms with E-state index in [-0.39, 0.29) is 12.0 Å². The molecule has 0 aromatic heterocycles. The minimum atomic E-state index is -0.286. The summed E-state index contributed by atoms with van der Waals surface area (Å²) in [6.45, 7) is 5.58. The molecule has 0 bridgehead atoms. The lowest BCUT2D eigenvalue weighted by Gasteiger charge is -2.35. The maximum atomic E-state index is 12.4. The molecule has 21 heavy (non-hydrogen) atoms. The molecule has 0 saturated carbocycles. The third-order valence-electron chi connectivity index (χ3n) is 3.86. The summed E-state index contributed by atoms with van der Waals surface area (Å²) in [6, 6.07) is 8.79. The molecule has 0 aliphatic carbocycles. The number of nitrogens with zero attached hydrogens (tertiary/aromatic N) is 3. The quantitative estimate of drug-likeness (QED) is 0.900. The number of aliphatic hydroxyl groups is 1. The highest BCUT2D eigenvalue weighted by Gasteiger charge is 2.22. The summed E-state index contributed by atoms with van der Waals surface area (Å²) in [5.74, 6) is 0.00943. The zero-order valence-corrected chi connectivity index (χ0v) is 12.3. The van der Waals surface area contributed by atoms with Crippen LogP contribution in [0, 0.1) is 11.3 Å². The number of benzene rings is 1. The number of hydrogen-bond donors (Lipinski definition) is 1. The fraction of sp³-hybridized carbons (Fsp3) is 0.500. The van der Waals surface area contributed by atoms with Gasteiger partial charge in [0.1, 0.15) is 0 Å². The monoisotopic (exact) mass is 287 g/mol. The lowest BCUT2D eigenvalue weighted by Crippen LogP contribution is -2.50. The smallest absolute Gasteiger partial charge is 0.253 e. The first-order valence-electron chi connectivity index (χ1n) is 7.34. The van der Waals surface area contributed by atoms with Crippen molar-refractivity contribution in [2.75, 3.05) is 32.7 Å². The van der Waals surface area contributed by atoms with Gasteiger partial charge < -0.3 is 10.0 Å². The minimum Gasteiger partial charge on any atom is -0.392 e.